The summed E-state index contributed by atoms with van der Waals surface area (Å²) in [6, 6.07) is 0. The van der Waals surface area contributed by atoms with Gasteiger partial charge in [-0.15, -0.1) is 11.3 Å². The molecule has 0 radical (unpaired) electrons. The van der Waals surface area contributed by atoms with Crippen molar-refractivity contribution in [2.45, 2.75) is 46.7 Å². The predicted octanol–water partition coefficient (Wildman–Crippen LogP) is 1.81. The molecule has 0 aliphatic heterocycles. The fourth-order valence-electron chi connectivity index (χ4n) is 1.74. The first-order valence-corrected chi connectivity index (χ1v) is 7.76. The Bertz CT molecular complexity index is 445. The zero-order valence-corrected chi connectivity index (χ0v) is 14.2. The normalized spacial score (nSPS) is 12.6. The van der Waals surface area contributed by atoms with E-state index in [0.717, 1.165) is 36.3 Å². The Balaban J connectivity index is 2.32. The van der Waals surface area contributed by atoms with Gasteiger partial charge < -0.3 is 16.0 Å². The molecule has 3 N–H and O–H groups in total. The van der Waals surface area contributed by atoms with Gasteiger partial charge in [-0.05, 0) is 34.6 Å². The van der Waals surface area contributed by atoms with Crippen LogP contribution >= 0.6 is 11.3 Å². The molecule has 20 heavy (non-hydrogen) atoms. The third-order valence-corrected chi connectivity index (χ3v) is 3.79. The lowest BCUT2D eigenvalue weighted by atomic mass is 10.1. The van der Waals surface area contributed by atoms with E-state index in [1.807, 2.05) is 13.8 Å². The van der Waals surface area contributed by atoms with Crippen molar-refractivity contribution in [2.24, 2.45) is 4.99 Å². The van der Waals surface area contributed by atoms with Crippen LogP contribution in [0.25, 0.3) is 0 Å². The van der Waals surface area contributed by atoms with Crippen molar-refractivity contribution >= 4 is 17.3 Å². The molecular formula is C14H27N5S. The monoisotopic (exact) mass is 297 g/mol. The molecule has 1 rings (SSSR count). The molecule has 114 valence electrons. The van der Waals surface area contributed by atoms with Gasteiger partial charge in [0.25, 0.3) is 0 Å². The zero-order valence-electron chi connectivity index (χ0n) is 13.4. The molecule has 0 aromatic carbocycles. The number of thiazole rings is 1. The van der Waals surface area contributed by atoms with E-state index in [2.05, 4.69) is 46.7 Å². The fourth-order valence-corrected chi connectivity index (χ4v) is 2.62. The van der Waals surface area contributed by atoms with E-state index >= 15 is 0 Å². The lowest BCUT2D eigenvalue weighted by molar-refractivity contribution is 0.428. The summed E-state index contributed by atoms with van der Waals surface area (Å²) in [6.07, 6.45) is 0. The van der Waals surface area contributed by atoms with Crippen molar-refractivity contribution in [1.82, 2.24) is 20.9 Å². The Hall–Kier alpha value is -1.14. The van der Waals surface area contributed by atoms with Crippen molar-refractivity contribution < 1.29 is 0 Å². The number of rotatable bonds is 5. The highest BCUT2D eigenvalue weighted by molar-refractivity contribution is 7.11. The third kappa shape index (κ3) is 6.34. The van der Waals surface area contributed by atoms with Crippen LogP contribution in [0.2, 0.25) is 0 Å². The molecule has 0 bridgehead atoms. The molecule has 0 spiro atoms. The van der Waals surface area contributed by atoms with Gasteiger partial charge in [0.2, 0.25) is 0 Å². The van der Waals surface area contributed by atoms with Crippen molar-refractivity contribution in [2.75, 3.05) is 20.1 Å². The average molecular weight is 297 g/mol. The zero-order chi connectivity index (χ0) is 15.2. The van der Waals surface area contributed by atoms with Gasteiger partial charge in [-0.2, -0.15) is 0 Å². The number of hydrogen-bond donors (Lipinski definition) is 3. The SMILES string of the molecule is CN=C(NCCNC(C)(C)C)NCc1sc(C)nc1C. The Kier molecular flexibility index (Phi) is 6.42. The standard InChI is InChI=1S/C14H27N5S/c1-10-12(20-11(2)19-10)9-17-13(15-6)16-7-8-18-14(3,4)5/h18H,7-9H2,1-6H3,(H2,15,16,17). The van der Waals surface area contributed by atoms with Crippen LogP contribution in [-0.2, 0) is 6.54 Å². The minimum absolute atomic E-state index is 0.149. The van der Waals surface area contributed by atoms with Gasteiger partial charge in [-0.25, -0.2) is 4.98 Å². The first-order valence-electron chi connectivity index (χ1n) is 6.94. The Morgan fingerprint density at radius 2 is 1.90 bits per heavy atom. The molecule has 1 heterocycles. The van der Waals surface area contributed by atoms with Crippen LogP contribution in [0.3, 0.4) is 0 Å². The molecular weight excluding hydrogens is 270 g/mol. The quantitative estimate of drug-likeness (QED) is 0.441. The van der Waals surface area contributed by atoms with Crippen molar-refractivity contribution in [3.63, 3.8) is 0 Å². The average Bonchev–Trinajstić information content (AvgIpc) is 2.66. The molecule has 0 amide bonds. The number of nitrogens with one attached hydrogen (secondary N) is 3. The highest BCUT2D eigenvalue weighted by atomic mass is 32.1. The van der Waals surface area contributed by atoms with E-state index in [1.54, 1.807) is 18.4 Å². The van der Waals surface area contributed by atoms with Crippen LogP contribution in [0.4, 0.5) is 0 Å². The molecule has 0 fully saturated rings. The summed E-state index contributed by atoms with van der Waals surface area (Å²) >= 11 is 1.73. The summed E-state index contributed by atoms with van der Waals surface area (Å²) in [5.41, 5.74) is 1.25. The van der Waals surface area contributed by atoms with Crippen molar-refractivity contribution in [1.29, 1.82) is 0 Å². The molecule has 0 saturated heterocycles. The number of hydrogen-bond acceptors (Lipinski definition) is 4. The minimum Gasteiger partial charge on any atom is -0.355 e. The van der Waals surface area contributed by atoms with Crippen LogP contribution in [-0.4, -0.2) is 36.6 Å². The van der Waals surface area contributed by atoms with Crippen molar-refractivity contribution in [3.05, 3.63) is 15.6 Å². The number of aliphatic imine (C=N–C) groups is 1. The molecule has 1 aromatic rings. The first kappa shape index (κ1) is 16.9. The molecule has 0 aliphatic carbocycles. The van der Waals surface area contributed by atoms with Crippen LogP contribution in [0.1, 0.15) is 36.3 Å². The van der Waals surface area contributed by atoms with Gasteiger partial charge in [-0.1, -0.05) is 0 Å². The van der Waals surface area contributed by atoms with Crippen LogP contribution in [0.15, 0.2) is 4.99 Å². The summed E-state index contributed by atoms with van der Waals surface area (Å²) in [4.78, 5) is 9.91. The molecule has 5 nitrogen and oxygen atoms in total. The van der Waals surface area contributed by atoms with Gasteiger partial charge in [0, 0.05) is 30.6 Å². The highest BCUT2D eigenvalue weighted by Gasteiger charge is 2.08. The van der Waals surface area contributed by atoms with E-state index < -0.39 is 0 Å². The second-order valence-corrected chi connectivity index (χ2v) is 7.06. The van der Waals surface area contributed by atoms with E-state index in [0.29, 0.717) is 0 Å². The maximum absolute atomic E-state index is 4.43. The second-order valence-electron chi connectivity index (χ2n) is 5.77. The van der Waals surface area contributed by atoms with E-state index in [-0.39, 0.29) is 5.54 Å². The maximum Gasteiger partial charge on any atom is 0.191 e. The van der Waals surface area contributed by atoms with Gasteiger partial charge in [0.05, 0.1) is 17.2 Å². The second kappa shape index (κ2) is 7.59. The molecule has 1 aromatic heterocycles. The van der Waals surface area contributed by atoms with Gasteiger partial charge in [0.1, 0.15) is 0 Å². The minimum atomic E-state index is 0.149. The van der Waals surface area contributed by atoms with E-state index in [4.69, 9.17) is 0 Å². The molecule has 6 heteroatoms. The lowest BCUT2D eigenvalue weighted by Gasteiger charge is -2.21. The maximum atomic E-state index is 4.43. The smallest absolute Gasteiger partial charge is 0.191 e. The van der Waals surface area contributed by atoms with Crippen LogP contribution in [0.5, 0.6) is 0 Å². The lowest BCUT2D eigenvalue weighted by Crippen LogP contribution is -2.44. The van der Waals surface area contributed by atoms with E-state index in [1.165, 1.54) is 4.88 Å². The van der Waals surface area contributed by atoms with Crippen LogP contribution in [0, 0.1) is 13.8 Å². The number of nitrogens with zero attached hydrogens (tertiary/aromatic N) is 2. The Labute approximate surface area is 126 Å². The van der Waals surface area contributed by atoms with Gasteiger partial charge in [0.15, 0.2) is 5.96 Å². The molecule has 0 aliphatic rings. The summed E-state index contributed by atoms with van der Waals surface area (Å²) in [5.74, 6) is 0.825. The number of aryl methyl sites for hydroxylation is 2. The summed E-state index contributed by atoms with van der Waals surface area (Å²) in [7, 11) is 1.79. The largest absolute Gasteiger partial charge is 0.355 e. The number of guanidine groups is 1. The molecule has 0 atom stereocenters. The molecule has 0 unspecified atom stereocenters. The third-order valence-electron chi connectivity index (χ3n) is 2.71. The predicted molar refractivity (Wildman–Crippen MR) is 87.5 cm³/mol. The Morgan fingerprint density at radius 1 is 1.20 bits per heavy atom. The summed E-state index contributed by atoms with van der Waals surface area (Å²) < 4.78 is 0. The summed E-state index contributed by atoms with van der Waals surface area (Å²) in [5, 5.41) is 11.2. The first-order chi connectivity index (χ1) is 9.31. The fraction of sp³-hybridized carbons (Fsp3) is 0.714. The topological polar surface area (TPSA) is 61.3 Å². The number of aromatic nitrogens is 1. The Morgan fingerprint density at radius 3 is 2.40 bits per heavy atom. The highest BCUT2D eigenvalue weighted by Crippen LogP contribution is 2.16. The van der Waals surface area contributed by atoms with Crippen LogP contribution < -0.4 is 16.0 Å². The van der Waals surface area contributed by atoms with Gasteiger partial charge >= 0.3 is 0 Å². The van der Waals surface area contributed by atoms with Gasteiger partial charge in [-0.3, -0.25) is 4.99 Å². The van der Waals surface area contributed by atoms with Crippen molar-refractivity contribution in [3.8, 4) is 0 Å². The summed E-state index contributed by atoms with van der Waals surface area (Å²) in [6.45, 7) is 13.1. The van der Waals surface area contributed by atoms with E-state index in [9.17, 15) is 0 Å². The molecule has 0 saturated carbocycles.